The molecule has 1 heterocycles. The highest BCUT2D eigenvalue weighted by Crippen LogP contribution is 2.37. The van der Waals surface area contributed by atoms with Gasteiger partial charge in [0.25, 0.3) is 0 Å². The van der Waals surface area contributed by atoms with Crippen LogP contribution in [0.25, 0.3) is 0 Å². The zero-order chi connectivity index (χ0) is 68.3. The smallest absolute Gasteiger partial charge is 0.150 e. The third kappa shape index (κ3) is 24.2. The Morgan fingerprint density at radius 1 is 0.323 bits per heavy atom. The standard InChI is InChI=1S/C87H94O12/c1-5-77(90-57-70-38-20-9-21-39-70)83(92-59-72-42-24-11-25-43-72)81(64-88-55-68-34-16-7-17-35-68)97-66(3)52-53-79-85(94-61-74-46-28-13-29-47-74)87(96-63-76-50-32-15-33-51-76)86(95-62-75-48-30-14-31-49-75)80(99-79)54-67(4)98-82(65-89-56-69-36-18-8-19-37-69)84(93-60-73-44-26-12-27-45-73)78(6-2)91-58-71-40-22-10-23-41-71/h5-51,77-87H,1-4,52-65H2/t77-,78-,79-,80-,81-,82-,83+,84+,85-,86+,87+/m1/s1. The molecule has 0 saturated carbocycles. The Morgan fingerprint density at radius 2 is 0.596 bits per heavy atom. The zero-order valence-corrected chi connectivity index (χ0v) is 56.6. The number of hydrogen-bond donors (Lipinski definition) is 0. The van der Waals surface area contributed by atoms with Crippen LogP contribution in [0.15, 0.2) is 323 Å². The first-order chi connectivity index (χ1) is 48.8. The molecule has 1 aliphatic rings. The first-order valence-corrected chi connectivity index (χ1v) is 34.3. The van der Waals surface area contributed by atoms with E-state index < -0.39 is 67.1 Å². The molecule has 10 rings (SSSR count). The lowest BCUT2D eigenvalue weighted by Gasteiger charge is -2.47. The van der Waals surface area contributed by atoms with Crippen molar-refractivity contribution in [3.63, 3.8) is 0 Å². The number of benzene rings is 9. The number of rotatable bonds is 44. The van der Waals surface area contributed by atoms with Gasteiger partial charge in [-0.15, -0.1) is 13.2 Å². The summed E-state index contributed by atoms with van der Waals surface area (Å²) in [6.07, 6.45) is -3.27. The molecule has 11 atom stereocenters. The third-order valence-corrected chi connectivity index (χ3v) is 17.1. The summed E-state index contributed by atoms with van der Waals surface area (Å²) in [5.74, 6) is 0.886. The van der Waals surface area contributed by atoms with Crippen LogP contribution >= 0.6 is 0 Å². The topological polar surface area (TPSA) is 111 Å². The second kappa shape index (κ2) is 40.9. The first kappa shape index (κ1) is 72.9. The van der Waals surface area contributed by atoms with Gasteiger partial charge in [-0.1, -0.05) is 298 Å². The van der Waals surface area contributed by atoms with Crippen molar-refractivity contribution >= 4 is 0 Å². The van der Waals surface area contributed by atoms with Crippen LogP contribution in [0.1, 0.15) is 69.3 Å². The fourth-order valence-corrected chi connectivity index (χ4v) is 12.0. The first-order valence-electron chi connectivity index (χ1n) is 34.3. The van der Waals surface area contributed by atoms with Gasteiger partial charge < -0.3 is 56.8 Å². The predicted molar refractivity (Wildman–Crippen MR) is 388 cm³/mol. The Hall–Kier alpha value is -8.86. The largest absolute Gasteiger partial charge is 0.490 e. The molecule has 0 aliphatic carbocycles. The summed E-state index contributed by atoms with van der Waals surface area (Å²) in [7, 11) is 0. The third-order valence-electron chi connectivity index (χ3n) is 17.1. The van der Waals surface area contributed by atoms with E-state index in [4.69, 9.17) is 63.4 Å². The van der Waals surface area contributed by atoms with Crippen molar-refractivity contribution in [1.29, 1.82) is 0 Å². The van der Waals surface area contributed by atoms with Gasteiger partial charge in [0.2, 0.25) is 0 Å². The maximum atomic E-state index is 7.56. The highest BCUT2D eigenvalue weighted by atomic mass is 16.6. The van der Waals surface area contributed by atoms with Crippen molar-refractivity contribution in [2.45, 2.75) is 146 Å². The molecule has 0 unspecified atom stereocenters. The molecular weight excluding hydrogens is 1240 g/mol. The SMILES string of the molecule is C=C[C@@H](OCc1ccccc1)[C@H](OCc1ccccc1)[C@@H](COCc1ccccc1)OC(=C)CC[C@H]1O[C@H](CC(=C)O[C@H](COCc2ccccc2)[C@@H](OCc2ccccc2)[C@@H](C=C)OCc2ccccc2)[C@H](OCc2ccccc2)[C@@H](OCc2ccccc2)[C@@H]1OCc1ccccc1. The second-order valence-electron chi connectivity index (χ2n) is 24.6. The van der Waals surface area contributed by atoms with E-state index in [2.05, 4.69) is 44.0 Å². The van der Waals surface area contributed by atoms with Crippen LogP contribution in [0.5, 0.6) is 0 Å². The Bertz CT molecular complexity index is 3690. The van der Waals surface area contributed by atoms with Crippen LogP contribution in [-0.2, 0) is 116 Å². The number of allylic oxidation sites excluding steroid dienone is 1. The molecule has 514 valence electrons. The molecule has 12 nitrogen and oxygen atoms in total. The van der Waals surface area contributed by atoms with Crippen LogP contribution in [0, 0.1) is 0 Å². The lowest BCUT2D eigenvalue weighted by molar-refractivity contribution is -0.267. The normalized spacial score (nSPS) is 17.8. The summed E-state index contributed by atoms with van der Waals surface area (Å²) in [4.78, 5) is 0. The van der Waals surface area contributed by atoms with E-state index in [0.717, 1.165) is 50.1 Å². The molecule has 0 aromatic heterocycles. The van der Waals surface area contributed by atoms with Gasteiger partial charge >= 0.3 is 0 Å². The van der Waals surface area contributed by atoms with Crippen molar-refractivity contribution in [2.24, 2.45) is 0 Å². The summed E-state index contributed by atoms with van der Waals surface area (Å²) >= 11 is 0. The molecule has 1 saturated heterocycles. The maximum absolute atomic E-state index is 7.56. The van der Waals surface area contributed by atoms with E-state index in [1.54, 1.807) is 12.2 Å². The molecule has 1 fully saturated rings. The van der Waals surface area contributed by atoms with Crippen LogP contribution in [0.3, 0.4) is 0 Å². The van der Waals surface area contributed by atoms with Crippen LogP contribution in [0.4, 0.5) is 0 Å². The fraction of sp³-hybridized carbons (Fsp3) is 0.287. The Kier molecular flexibility index (Phi) is 30.1. The molecule has 9 aromatic carbocycles. The maximum Gasteiger partial charge on any atom is 0.150 e. The van der Waals surface area contributed by atoms with E-state index >= 15 is 0 Å². The van der Waals surface area contributed by atoms with Gasteiger partial charge in [0, 0.05) is 12.8 Å². The lowest BCUT2D eigenvalue weighted by atomic mass is 9.90. The molecule has 99 heavy (non-hydrogen) atoms. The predicted octanol–water partition coefficient (Wildman–Crippen LogP) is 17.6. The molecule has 0 bridgehead atoms. The van der Waals surface area contributed by atoms with Gasteiger partial charge in [-0.25, -0.2) is 0 Å². The monoisotopic (exact) mass is 1330 g/mol. The lowest BCUT2D eigenvalue weighted by Crippen LogP contribution is -2.60. The van der Waals surface area contributed by atoms with E-state index in [-0.39, 0.29) is 52.7 Å². The van der Waals surface area contributed by atoms with Crippen molar-refractivity contribution < 1.29 is 56.8 Å². The molecule has 0 N–H and O–H groups in total. The van der Waals surface area contributed by atoms with Crippen molar-refractivity contribution in [3.05, 3.63) is 373 Å². The molecule has 0 spiro atoms. The number of hydrogen-bond acceptors (Lipinski definition) is 12. The molecule has 12 heteroatoms. The molecule has 9 aromatic rings. The van der Waals surface area contributed by atoms with Crippen LogP contribution in [-0.4, -0.2) is 80.4 Å². The summed E-state index contributed by atoms with van der Waals surface area (Å²) < 4.78 is 84.0. The van der Waals surface area contributed by atoms with E-state index in [9.17, 15) is 0 Å². The minimum absolute atomic E-state index is 0.109. The summed E-state index contributed by atoms with van der Waals surface area (Å²) in [6, 6.07) is 90.7. The van der Waals surface area contributed by atoms with Gasteiger partial charge in [-0.3, -0.25) is 0 Å². The quantitative estimate of drug-likeness (QED) is 0.0268. The van der Waals surface area contributed by atoms with Crippen molar-refractivity contribution in [3.8, 4) is 0 Å². The van der Waals surface area contributed by atoms with E-state index in [0.29, 0.717) is 50.8 Å². The highest BCUT2D eigenvalue weighted by molar-refractivity contribution is 5.21. The summed E-state index contributed by atoms with van der Waals surface area (Å²) in [6.45, 7) is 20.7. The second-order valence-corrected chi connectivity index (χ2v) is 24.6. The molecular formula is C87H94O12. The van der Waals surface area contributed by atoms with Crippen molar-refractivity contribution in [1.82, 2.24) is 0 Å². The Labute approximate surface area is 586 Å². The highest BCUT2D eigenvalue weighted by Gasteiger charge is 2.49. The summed E-state index contributed by atoms with van der Waals surface area (Å²) in [5.41, 5.74) is 8.94. The average Bonchev–Trinajstić information content (AvgIpc) is 0.797. The van der Waals surface area contributed by atoms with E-state index in [1.165, 1.54) is 0 Å². The van der Waals surface area contributed by atoms with Gasteiger partial charge in [0.15, 0.2) is 12.2 Å². The number of ether oxygens (including phenoxy) is 12. The summed E-state index contributed by atoms with van der Waals surface area (Å²) in [5, 5.41) is 0. The van der Waals surface area contributed by atoms with Gasteiger partial charge in [0.1, 0.15) is 42.7 Å². The molecule has 0 radical (unpaired) electrons. The minimum atomic E-state index is -0.770. The van der Waals surface area contributed by atoms with Gasteiger partial charge in [-0.2, -0.15) is 0 Å². The van der Waals surface area contributed by atoms with Crippen LogP contribution < -0.4 is 0 Å². The van der Waals surface area contributed by atoms with Gasteiger partial charge in [0.05, 0.1) is 96.4 Å². The average molecular weight is 1330 g/mol. The zero-order valence-electron chi connectivity index (χ0n) is 56.6. The van der Waals surface area contributed by atoms with Crippen LogP contribution in [0.2, 0.25) is 0 Å². The molecule has 1 aliphatic heterocycles. The van der Waals surface area contributed by atoms with Gasteiger partial charge in [-0.05, 0) is 56.5 Å². The fourth-order valence-electron chi connectivity index (χ4n) is 12.0. The van der Waals surface area contributed by atoms with Crippen molar-refractivity contribution in [2.75, 3.05) is 13.2 Å². The molecule has 0 amide bonds. The Balaban J connectivity index is 0.981. The minimum Gasteiger partial charge on any atom is -0.490 e. The Morgan fingerprint density at radius 3 is 0.919 bits per heavy atom. The van der Waals surface area contributed by atoms with E-state index in [1.807, 2.05) is 249 Å².